The fourth-order valence-electron chi connectivity index (χ4n) is 1.68. The third kappa shape index (κ3) is 4.77. The molecule has 1 aromatic rings. The fraction of sp³-hybridized carbons (Fsp3) is 0.467. The molecule has 0 spiro atoms. The molecule has 0 saturated heterocycles. The Kier molecular flexibility index (Phi) is 6.19. The maximum Gasteiger partial charge on any atom is 0.180 e. The van der Waals surface area contributed by atoms with Crippen LogP contribution in [0.25, 0.3) is 0 Å². The molecule has 1 atom stereocenters. The Hall–Kier alpha value is -1.19. The first kappa shape index (κ1) is 15.9. The van der Waals surface area contributed by atoms with Crippen LogP contribution in [-0.2, 0) is 6.42 Å². The van der Waals surface area contributed by atoms with Gasteiger partial charge in [-0.05, 0) is 43.0 Å². The summed E-state index contributed by atoms with van der Waals surface area (Å²) in [6.45, 7) is 8.34. The molecular formula is C15H22ClNO2. The second-order valence-corrected chi connectivity index (χ2v) is 5.09. The lowest BCUT2D eigenvalue weighted by Gasteiger charge is -2.15. The number of hydrogen-bond acceptors (Lipinski definition) is 3. The van der Waals surface area contributed by atoms with Crippen molar-refractivity contribution in [1.29, 1.82) is 0 Å². The third-order valence-electron chi connectivity index (χ3n) is 2.77. The molecule has 0 aromatic heterocycles. The fourth-order valence-corrected chi connectivity index (χ4v) is 1.97. The van der Waals surface area contributed by atoms with Gasteiger partial charge in [0.2, 0.25) is 0 Å². The smallest absolute Gasteiger partial charge is 0.180 e. The SMILES string of the molecule is C=C(CC)COc1c(Cl)cc(CC(C)N)cc1OC. The molecular weight excluding hydrogens is 262 g/mol. The van der Waals surface area contributed by atoms with E-state index in [2.05, 4.69) is 6.58 Å². The quantitative estimate of drug-likeness (QED) is 0.778. The van der Waals surface area contributed by atoms with Gasteiger partial charge >= 0.3 is 0 Å². The lowest BCUT2D eigenvalue weighted by molar-refractivity contribution is 0.317. The van der Waals surface area contributed by atoms with E-state index in [-0.39, 0.29) is 6.04 Å². The molecule has 1 rings (SSSR count). The zero-order valence-corrected chi connectivity index (χ0v) is 12.6. The van der Waals surface area contributed by atoms with Crippen molar-refractivity contribution in [3.63, 3.8) is 0 Å². The van der Waals surface area contributed by atoms with Gasteiger partial charge in [-0.25, -0.2) is 0 Å². The molecule has 3 nitrogen and oxygen atoms in total. The zero-order chi connectivity index (χ0) is 14.4. The molecule has 0 aliphatic carbocycles. The van der Waals surface area contributed by atoms with Crippen molar-refractivity contribution in [2.24, 2.45) is 5.73 Å². The van der Waals surface area contributed by atoms with Gasteiger partial charge in [-0.2, -0.15) is 0 Å². The minimum Gasteiger partial charge on any atom is -0.493 e. The van der Waals surface area contributed by atoms with E-state index in [0.29, 0.717) is 23.1 Å². The maximum atomic E-state index is 6.25. The zero-order valence-electron chi connectivity index (χ0n) is 11.8. The Labute approximate surface area is 120 Å². The molecule has 0 aliphatic heterocycles. The number of ether oxygens (including phenoxy) is 2. The molecule has 0 radical (unpaired) electrons. The van der Waals surface area contributed by atoms with Crippen molar-refractivity contribution in [2.75, 3.05) is 13.7 Å². The van der Waals surface area contributed by atoms with Crippen LogP contribution in [-0.4, -0.2) is 19.8 Å². The Balaban J connectivity index is 2.94. The molecule has 1 aromatic carbocycles. The molecule has 0 heterocycles. The molecule has 2 N–H and O–H groups in total. The van der Waals surface area contributed by atoms with Crippen molar-refractivity contribution < 1.29 is 9.47 Å². The van der Waals surface area contributed by atoms with Gasteiger partial charge in [-0.15, -0.1) is 0 Å². The highest BCUT2D eigenvalue weighted by Gasteiger charge is 2.13. The van der Waals surface area contributed by atoms with Gasteiger partial charge in [0.1, 0.15) is 6.61 Å². The minimum absolute atomic E-state index is 0.0763. The molecule has 0 aliphatic rings. The lowest BCUT2D eigenvalue weighted by atomic mass is 10.1. The van der Waals surface area contributed by atoms with E-state index in [1.54, 1.807) is 7.11 Å². The second-order valence-electron chi connectivity index (χ2n) is 4.68. The number of benzene rings is 1. The number of rotatable bonds is 7. The molecule has 0 amide bonds. The van der Waals surface area contributed by atoms with Gasteiger partial charge in [0, 0.05) is 6.04 Å². The van der Waals surface area contributed by atoms with Crippen LogP contribution in [0.15, 0.2) is 24.3 Å². The normalized spacial score (nSPS) is 12.1. The number of nitrogens with two attached hydrogens (primary N) is 1. The van der Waals surface area contributed by atoms with E-state index in [9.17, 15) is 0 Å². The Bertz CT molecular complexity index is 444. The van der Waals surface area contributed by atoms with Crippen molar-refractivity contribution in [2.45, 2.75) is 32.7 Å². The first-order valence-corrected chi connectivity index (χ1v) is 6.77. The molecule has 0 saturated carbocycles. The summed E-state index contributed by atoms with van der Waals surface area (Å²) in [6, 6.07) is 3.86. The molecule has 4 heteroatoms. The minimum atomic E-state index is 0.0763. The van der Waals surface area contributed by atoms with Crippen LogP contribution >= 0.6 is 11.6 Å². The highest BCUT2D eigenvalue weighted by Crippen LogP contribution is 2.37. The van der Waals surface area contributed by atoms with Crippen molar-refractivity contribution in [3.8, 4) is 11.5 Å². The van der Waals surface area contributed by atoms with Gasteiger partial charge in [0.15, 0.2) is 11.5 Å². The molecule has 0 bridgehead atoms. The van der Waals surface area contributed by atoms with E-state index < -0.39 is 0 Å². The van der Waals surface area contributed by atoms with Gasteiger partial charge < -0.3 is 15.2 Å². The molecule has 19 heavy (non-hydrogen) atoms. The summed E-state index contributed by atoms with van der Waals surface area (Å²) < 4.78 is 11.0. The first-order valence-electron chi connectivity index (χ1n) is 6.39. The van der Waals surface area contributed by atoms with E-state index >= 15 is 0 Å². The molecule has 0 fully saturated rings. The van der Waals surface area contributed by atoms with E-state index in [4.69, 9.17) is 26.8 Å². The number of methoxy groups -OCH3 is 1. The van der Waals surface area contributed by atoms with Crippen LogP contribution in [0.4, 0.5) is 0 Å². The number of hydrogen-bond donors (Lipinski definition) is 1. The first-order chi connectivity index (χ1) is 8.97. The van der Waals surface area contributed by atoms with E-state index in [1.165, 1.54) is 0 Å². The highest BCUT2D eigenvalue weighted by atomic mass is 35.5. The third-order valence-corrected chi connectivity index (χ3v) is 3.05. The lowest BCUT2D eigenvalue weighted by Crippen LogP contribution is -2.17. The van der Waals surface area contributed by atoms with Gasteiger partial charge in [0.05, 0.1) is 12.1 Å². The Morgan fingerprint density at radius 1 is 1.47 bits per heavy atom. The summed E-state index contributed by atoms with van der Waals surface area (Å²) in [5.41, 5.74) is 7.85. The summed E-state index contributed by atoms with van der Waals surface area (Å²) in [7, 11) is 1.60. The molecule has 106 valence electrons. The monoisotopic (exact) mass is 283 g/mol. The van der Waals surface area contributed by atoms with Crippen LogP contribution in [0.1, 0.15) is 25.8 Å². The Morgan fingerprint density at radius 3 is 2.68 bits per heavy atom. The van der Waals surface area contributed by atoms with Crippen molar-refractivity contribution >= 4 is 11.6 Å². The maximum absolute atomic E-state index is 6.25. The van der Waals surface area contributed by atoms with Crippen molar-refractivity contribution in [1.82, 2.24) is 0 Å². The van der Waals surface area contributed by atoms with Gasteiger partial charge in [-0.1, -0.05) is 25.1 Å². The van der Waals surface area contributed by atoms with Gasteiger partial charge in [-0.3, -0.25) is 0 Å². The van der Waals surface area contributed by atoms with Crippen LogP contribution < -0.4 is 15.2 Å². The van der Waals surface area contributed by atoms with E-state index in [0.717, 1.165) is 24.0 Å². The highest BCUT2D eigenvalue weighted by molar-refractivity contribution is 6.32. The average Bonchev–Trinajstić information content (AvgIpc) is 2.35. The Morgan fingerprint density at radius 2 is 2.16 bits per heavy atom. The van der Waals surface area contributed by atoms with Crippen LogP contribution in [0, 0.1) is 0 Å². The van der Waals surface area contributed by atoms with Gasteiger partial charge in [0.25, 0.3) is 0 Å². The predicted octanol–water partition coefficient (Wildman–Crippen LogP) is 3.58. The van der Waals surface area contributed by atoms with Crippen molar-refractivity contribution in [3.05, 3.63) is 34.9 Å². The van der Waals surface area contributed by atoms with Crippen LogP contribution in [0.2, 0.25) is 5.02 Å². The average molecular weight is 284 g/mol. The predicted molar refractivity (Wildman–Crippen MR) is 80.3 cm³/mol. The second kappa shape index (κ2) is 7.41. The summed E-state index contributed by atoms with van der Waals surface area (Å²) in [5.74, 6) is 1.19. The topological polar surface area (TPSA) is 44.5 Å². The number of halogens is 1. The van der Waals surface area contributed by atoms with E-state index in [1.807, 2.05) is 26.0 Å². The standard InChI is InChI=1S/C15H22ClNO2/c1-5-10(2)9-19-15-13(16)7-12(6-11(3)17)8-14(15)18-4/h7-8,11H,2,5-6,9,17H2,1,3-4H3. The van der Waals surface area contributed by atoms with Crippen LogP contribution in [0.3, 0.4) is 0 Å². The summed E-state index contributed by atoms with van der Waals surface area (Å²) in [6.07, 6.45) is 1.63. The molecule has 1 unspecified atom stereocenters. The van der Waals surface area contributed by atoms with Crippen LogP contribution in [0.5, 0.6) is 11.5 Å². The summed E-state index contributed by atoms with van der Waals surface area (Å²) in [5, 5.41) is 0.541. The largest absolute Gasteiger partial charge is 0.493 e. The summed E-state index contributed by atoms with van der Waals surface area (Å²) >= 11 is 6.25. The summed E-state index contributed by atoms with van der Waals surface area (Å²) in [4.78, 5) is 0.